The highest BCUT2D eigenvalue weighted by atomic mass is 32.1. The van der Waals surface area contributed by atoms with Crippen LogP contribution in [0.3, 0.4) is 0 Å². The zero-order valence-electron chi connectivity index (χ0n) is 10.2. The van der Waals surface area contributed by atoms with E-state index in [0.717, 1.165) is 16.0 Å². The number of benzene rings is 1. The van der Waals surface area contributed by atoms with E-state index in [1.54, 1.807) is 11.3 Å². The quantitative estimate of drug-likeness (QED) is 0.867. The number of carbonyl (C=O) groups is 1. The van der Waals surface area contributed by atoms with E-state index in [1.165, 1.54) is 0 Å². The predicted molar refractivity (Wildman–Crippen MR) is 74.3 cm³/mol. The lowest BCUT2D eigenvalue weighted by molar-refractivity contribution is -0.120. The first-order valence-electron chi connectivity index (χ1n) is 5.79. The van der Waals surface area contributed by atoms with Crippen LogP contribution in [-0.2, 0) is 11.3 Å². The lowest BCUT2D eigenvalue weighted by Gasteiger charge is -2.15. The van der Waals surface area contributed by atoms with Crippen LogP contribution in [0.1, 0.15) is 22.0 Å². The number of thiophene rings is 1. The molecule has 0 aliphatic rings. The number of amides is 1. The summed E-state index contributed by atoms with van der Waals surface area (Å²) in [6, 6.07) is 11.6. The molecule has 1 atom stereocenters. The highest BCUT2D eigenvalue weighted by Crippen LogP contribution is 2.24. The Kier molecular flexibility index (Phi) is 4.12. The van der Waals surface area contributed by atoms with Crippen LogP contribution in [0.25, 0.3) is 0 Å². The molecule has 0 spiro atoms. The summed E-state index contributed by atoms with van der Waals surface area (Å²) in [6.07, 6.45) is 0. The summed E-state index contributed by atoms with van der Waals surface area (Å²) in [5.41, 5.74) is 7.70. The van der Waals surface area contributed by atoms with E-state index >= 15 is 0 Å². The van der Waals surface area contributed by atoms with Crippen LogP contribution in [0.4, 0.5) is 0 Å². The number of nitrogens with two attached hydrogens (primary N) is 1. The Balaban J connectivity index is 2.09. The van der Waals surface area contributed by atoms with Gasteiger partial charge in [0.05, 0.1) is 0 Å². The molecule has 3 nitrogen and oxygen atoms in total. The Morgan fingerprint density at radius 3 is 2.61 bits per heavy atom. The molecule has 1 heterocycles. The van der Waals surface area contributed by atoms with Gasteiger partial charge in [0.1, 0.15) is 6.04 Å². The molecule has 1 unspecified atom stereocenters. The molecule has 2 aromatic rings. The molecule has 18 heavy (non-hydrogen) atoms. The summed E-state index contributed by atoms with van der Waals surface area (Å²) in [7, 11) is 0. The van der Waals surface area contributed by atoms with Crippen molar-refractivity contribution < 1.29 is 4.79 Å². The molecule has 1 aromatic heterocycles. The number of hydrogen-bond acceptors (Lipinski definition) is 3. The third kappa shape index (κ3) is 2.97. The molecular weight excluding hydrogens is 244 g/mol. The van der Waals surface area contributed by atoms with Crippen molar-refractivity contribution in [3.8, 4) is 0 Å². The second-order valence-electron chi connectivity index (χ2n) is 4.17. The van der Waals surface area contributed by atoms with Crippen molar-refractivity contribution in [3.05, 3.63) is 57.8 Å². The van der Waals surface area contributed by atoms with Crippen LogP contribution in [0, 0.1) is 6.92 Å². The van der Waals surface area contributed by atoms with E-state index < -0.39 is 6.04 Å². The van der Waals surface area contributed by atoms with Gasteiger partial charge in [-0.2, -0.15) is 0 Å². The minimum Gasteiger partial charge on any atom is -0.368 e. The number of carbonyl (C=O) groups excluding carboxylic acids is 1. The lowest BCUT2D eigenvalue weighted by Crippen LogP contribution is -2.33. The Bertz CT molecular complexity index is 522. The third-order valence-corrected chi connectivity index (χ3v) is 3.89. The minimum absolute atomic E-state index is 0.337. The van der Waals surface area contributed by atoms with E-state index in [-0.39, 0.29) is 5.91 Å². The van der Waals surface area contributed by atoms with Crippen molar-refractivity contribution in [2.24, 2.45) is 5.73 Å². The summed E-state index contributed by atoms with van der Waals surface area (Å²) in [6.45, 7) is 2.62. The maximum Gasteiger partial charge on any atom is 0.240 e. The molecule has 1 amide bonds. The van der Waals surface area contributed by atoms with E-state index in [9.17, 15) is 4.79 Å². The molecule has 3 N–H and O–H groups in total. The van der Waals surface area contributed by atoms with Gasteiger partial charge in [-0.05, 0) is 29.5 Å². The molecule has 94 valence electrons. The van der Waals surface area contributed by atoms with Gasteiger partial charge in [-0.15, -0.1) is 11.3 Å². The Labute approximate surface area is 111 Å². The van der Waals surface area contributed by atoms with Gasteiger partial charge in [0.2, 0.25) is 5.91 Å². The lowest BCUT2D eigenvalue weighted by atomic mass is 10.1. The van der Waals surface area contributed by atoms with Crippen molar-refractivity contribution >= 4 is 17.2 Å². The van der Waals surface area contributed by atoms with Gasteiger partial charge in [0, 0.05) is 11.4 Å². The standard InChI is InChI=1S/C14H16N2OS/c1-10-7-8-18-13(10)12(14(15)17)16-9-11-5-3-2-4-6-11/h2-8,12,16H,9H2,1H3,(H2,15,17). The van der Waals surface area contributed by atoms with Crippen LogP contribution in [0.5, 0.6) is 0 Å². The SMILES string of the molecule is Cc1ccsc1C(NCc1ccccc1)C(N)=O. The van der Waals surface area contributed by atoms with E-state index in [4.69, 9.17) is 5.73 Å². The van der Waals surface area contributed by atoms with E-state index in [1.807, 2.05) is 48.7 Å². The number of rotatable bonds is 5. The maximum atomic E-state index is 11.5. The van der Waals surface area contributed by atoms with E-state index in [0.29, 0.717) is 6.54 Å². The predicted octanol–water partition coefficient (Wildman–Crippen LogP) is 2.37. The van der Waals surface area contributed by atoms with Gasteiger partial charge in [-0.1, -0.05) is 30.3 Å². The van der Waals surface area contributed by atoms with Crippen molar-refractivity contribution in [2.45, 2.75) is 19.5 Å². The van der Waals surface area contributed by atoms with Crippen molar-refractivity contribution in [2.75, 3.05) is 0 Å². The van der Waals surface area contributed by atoms with Crippen molar-refractivity contribution in [1.29, 1.82) is 0 Å². The van der Waals surface area contributed by atoms with Crippen LogP contribution < -0.4 is 11.1 Å². The molecular formula is C14H16N2OS. The number of primary amides is 1. The molecule has 0 fully saturated rings. The Morgan fingerprint density at radius 2 is 2.06 bits per heavy atom. The molecule has 4 heteroatoms. The number of aryl methyl sites for hydroxylation is 1. The summed E-state index contributed by atoms with van der Waals surface area (Å²) in [4.78, 5) is 12.5. The molecule has 2 rings (SSSR count). The zero-order chi connectivity index (χ0) is 13.0. The molecule has 0 aliphatic heterocycles. The van der Waals surface area contributed by atoms with Gasteiger partial charge in [-0.25, -0.2) is 0 Å². The largest absolute Gasteiger partial charge is 0.368 e. The maximum absolute atomic E-state index is 11.5. The first-order chi connectivity index (χ1) is 8.68. The summed E-state index contributed by atoms with van der Waals surface area (Å²) >= 11 is 1.56. The molecule has 0 radical (unpaired) electrons. The fraction of sp³-hybridized carbons (Fsp3) is 0.214. The highest BCUT2D eigenvalue weighted by Gasteiger charge is 2.20. The fourth-order valence-corrected chi connectivity index (χ4v) is 2.83. The average molecular weight is 260 g/mol. The van der Waals surface area contributed by atoms with Crippen molar-refractivity contribution in [1.82, 2.24) is 5.32 Å². The summed E-state index contributed by atoms with van der Waals surface area (Å²) < 4.78 is 0. The van der Waals surface area contributed by atoms with Crippen molar-refractivity contribution in [3.63, 3.8) is 0 Å². The van der Waals surface area contributed by atoms with Gasteiger partial charge in [0.15, 0.2) is 0 Å². The molecule has 0 saturated heterocycles. The van der Waals surface area contributed by atoms with E-state index in [2.05, 4.69) is 5.32 Å². The van der Waals surface area contributed by atoms with Crippen LogP contribution in [0.15, 0.2) is 41.8 Å². The first kappa shape index (κ1) is 12.8. The summed E-state index contributed by atoms with van der Waals surface area (Å²) in [5.74, 6) is -0.337. The highest BCUT2D eigenvalue weighted by molar-refractivity contribution is 7.10. The molecule has 0 aliphatic carbocycles. The first-order valence-corrected chi connectivity index (χ1v) is 6.67. The smallest absolute Gasteiger partial charge is 0.240 e. The number of hydrogen-bond donors (Lipinski definition) is 2. The summed E-state index contributed by atoms with van der Waals surface area (Å²) in [5, 5.41) is 5.19. The average Bonchev–Trinajstić information content (AvgIpc) is 2.77. The Morgan fingerprint density at radius 1 is 1.33 bits per heavy atom. The minimum atomic E-state index is -0.412. The molecule has 0 bridgehead atoms. The number of nitrogens with one attached hydrogen (secondary N) is 1. The van der Waals surface area contributed by atoms with Gasteiger partial charge in [0.25, 0.3) is 0 Å². The topological polar surface area (TPSA) is 55.1 Å². The van der Waals surface area contributed by atoms with Gasteiger partial charge < -0.3 is 5.73 Å². The van der Waals surface area contributed by atoms with Gasteiger partial charge >= 0.3 is 0 Å². The monoisotopic (exact) mass is 260 g/mol. The second-order valence-corrected chi connectivity index (χ2v) is 5.12. The Hall–Kier alpha value is -1.65. The molecule has 0 saturated carbocycles. The third-order valence-electron chi connectivity index (χ3n) is 2.80. The molecule has 1 aromatic carbocycles. The normalized spacial score (nSPS) is 12.3. The zero-order valence-corrected chi connectivity index (χ0v) is 11.0. The van der Waals surface area contributed by atoms with Crippen LogP contribution in [-0.4, -0.2) is 5.91 Å². The van der Waals surface area contributed by atoms with Crippen LogP contribution >= 0.6 is 11.3 Å². The second kappa shape index (κ2) is 5.80. The van der Waals surface area contributed by atoms with Gasteiger partial charge in [-0.3, -0.25) is 10.1 Å². The fourth-order valence-electron chi connectivity index (χ4n) is 1.82. The van der Waals surface area contributed by atoms with Crippen LogP contribution in [0.2, 0.25) is 0 Å².